The minimum absolute atomic E-state index is 0.211. The molecule has 2 heteroatoms. The van der Waals surface area contributed by atoms with Gasteiger partial charge in [-0.1, -0.05) is 44.8 Å². The third kappa shape index (κ3) is 11.2. The molecule has 0 fully saturated rings. The van der Waals surface area contributed by atoms with Gasteiger partial charge in [0, 0.05) is 6.42 Å². The Morgan fingerprint density at radius 3 is 2.36 bits per heavy atom. The Morgan fingerprint density at radius 1 is 1.07 bits per heavy atom. The zero-order valence-corrected chi connectivity index (χ0v) is 9.30. The molecule has 2 N–H and O–H groups in total. The van der Waals surface area contributed by atoms with Crippen molar-refractivity contribution in [2.24, 2.45) is 5.73 Å². The second kappa shape index (κ2) is 10.3. The van der Waals surface area contributed by atoms with Gasteiger partial charge in [0.1, 0.15) is 0 Å². The fourth-order valence-corrected chi connectivity index (χ4v) is 1.33. The van der Waals surface area contributed by atoms with Crippen molar-refractivity contribution in [1.82, 2.24) is 0 Å². The average molecular weight is 197 g/mol. The highest BCUT2D eigenvalue weighted by Crippen LogP contribution is 2.05. The van der Waals surface area contributed by atoms with Gasteiger partial charge in [0.15, 0.2) is 0 Å². The molecule has 14 heavy (non-hydrogen) atoms. The molecule has 0 unspecified atom stereocenters. The van der Waals surface area contributed by atoms with E-state index in [0.29, 0.717) is 6.42 Å². The number of carbonyl (C=O) groups excluding carboxylic acids is 1. The van der Waals surface area contributed by atoms with Gasteiger partial charge >= 0.3 is 0 Å². The lowest BCUT2D eigenvalue weighted by molar-refractivity contribution is -0.117. The summed E-state index contributed by atoms with van der Waals surface area (Å²) in [5.74, 6) is -0.211. The van der Waals surface area contributed by atoms with Crippen molar-refractivity contribution in [3.05, 3.63) is 12.2 Å². The van der Waals surface area contributed by atoms with Crippen LogP contribution in [0.3, 0.4) is 0 Å². The van der Waals surface area contributed by atoms with Crippen molar-refractivity contribution >= 4 is 5.91 Å². The number of hydrogen-bond donors (Lipinski definition) is 1. The summed E-state index contributed by atoms with van der Waals surface area (Å²) in [6, 6.07) is 0. The summed E-state index contributed by atoms with van der Waals surface area (Å²) in [6.07, 6.45) is 13.2. The maximum Gasteiger partial charge on any atom is 0.217 e. The molecule has 0 aliphatic rings. The number of carbonyl (C=O) groups is 1. The van der Waals surface area contributed by atoms with E-state index in [-0.39, 0.29) is 5.91 Å². The van der Waals surface area contributed by atoms with E-state index in [0.717, 1.165) is 12.8 Å². The Balaban J connectivity index is 3.07. The first kappa shape index (κ1) is 13.2. The Morgan fingerprint density at radius 2 is 1.71 bits per heavy atom. The largest absolute Gasteiger partial charge is 0.370 e. The summed E-state index contributed by atoms with van der Waals surface area (Å²) in [7, 11) is 0. The lowest BCUT2D eigenvalue weighted by Crippen LogP contribution is -2.08. The van der Waals surface area contributed by atoms with E-state index in [1.807, 2.05) is 0 Å². The van der Waals surface area contributed by atoms with Gasteiger partial charge < -0.3 is 5.73 Å². The molecule has 2 nitrogen and oxygen atoms in total. The van der Waals surface area contributed by atoms with Crippen LogP contribution < -0.4 is 5.73 Å². The minimum atomic E-state index is -0.211. The van der Waals surface area contributed by atoms with Gasteiger partial charge in [0.25, 0.3) is 0 Å². The first-order valence-electron chi connectivity index (χ1n) is 5.70. The Bertz CT molecular complexity index is 164. The zero-order chi connectivity index (χ0) is 10.6. The van der Waals surface area contributed by atoms with Crippen LogP contribution in [-0.2, 0) is 4.79 Å². The second-order valence-electron chi connectivity index (χ2n) is 3.68. The SMILES string of the molecule is CCCCCCCC=CCCC(N)=O. The molecular formula is C12H23NO. The predicted molar refractivity (Wildman–Crippen MR) is 60.9 cm³/mol. The van der Waals surface area contributed by atoms with Crippen molar-refractivity contribution in [1.29, 1.82) is 0 Å². The lowest BCUT2D eigenvalue weighted by atomic mass is 10.1. The quantitative estimate of drug-likeness (QED) is 0.448. The number of hydrogen-bond acceptors (Lipinski definition) is 1. The summed E-state index contributed by atoms with van der Waals surface area (Å²) in [5.41, 5.74) is 5.02. The maximum absolute atomic E-state index is 10.4. The summed E-state index contributed by atoms with van der Waals surface area (Å²) < 4.78 is 0. The summed E-state index contributed by atoms with van der Waals surface area (Å²) in [5, 5.41) is 0. The van der Waals surface area contributed by atoms with Crippen LogP contribution in [0.5, 0.6) is 0 Å². The second-order valence-corrected chi connectivity index (χ2v) is 3.68. The van der Waals surface area contributed by atoms with E-state index in [1.54, 1.807) is 0 Å². The number of nitrogens with two attached hydrogens (primary N) is 1. The van der Waals surface area contributed by atoms with E-state index < -0.39 is 0 Å². The molecule has 0 bridgehead atoms. The average Bonchev–Trinajstić information content (AvgIpc) is 2.15. The van der Waals surface area contributed by atoms with Gasteiger partial charge in [0.2, 0.25) is 5.91 Å². The van der Waals surface area contributed by atoms with Gasteiger partial charge in [0.05, 0.1) is 0 Å². The van der Waals surface area contributed by atoms with Crippen LogP contribution in [0.1, 0.15) is 58.3 Å². The monoisotopic (exact) mass is 197 g/mol. The highest BCUT2D eigenvalue weighted by molar-refractivity contribution is 5.73. The van der Waals surface area contributed by atoms with Gasteiger partial charge in [-0.2, -0.15) is 0 Å². The molecule has 0 rings (SSSR count). The third-order valence-corrected chi connectivity index (χ3v) is 2.20. The van der Waals surface area contributed by atoms with Crippen LogP contribution in [0.15, 0.2) is 12.2 Å². The van der Waals surface area contributed by atoms with Crippen LogP contribution in [0.4, 0.5) is 0 Å². The molecule has 0 radical (unpaired) electrons. The zero-order valence-electron chi connectivity index (χ0n) is 9.30. The van der Waals surface area contributed by atoms with Crippen molar-refractivity contribution in [3.63, 3.8) is 0 Å². The van der Waals surface area contributed by atoms with Crippen LogP contribution >= 0.6 is 0 Å². The molecule has 1 amide bonds. The van der Waals surface area contributed by atoms with Crippen LogP contribution in [0.25, 0.3) is 0 Å². The maximum atomic E-state index is 10.4. The van der Waals surface area contributed by atoms with Crippen LogP contribution in [-0.4, -0.2) is 5.91 Å². The summed E-state index contributed by atoms with van der Waals surface area (Å²) >= 11 is 0. The predicted octanol–water partition coefficient (Wildman–Crippen LogP) is 3.17. The minimum Gasteiger partial charge on any atom is -0.370 e. The molecule has 0 spiro atoms. The smallest absolute Gasteiger partial charge is 0.217 e. The standard InChI is InChI=1S/C12H23NO/c1-2-3-4-5-6-7-8-9-10-11-12(13)14/h8-9H,2-7,10-11H2,1H3,(H2,13,14). The highest BCUT2D eigenvalue weighted by atomic mass is 16.1. The molecule has 0 aromatic rings. The van der Waals surface area contributed by atoms with Crippen LogP contribution in [0, 0.1) is 0 Å². The van der Waals surface area contributed by atoms with E-state index in [1.165, 1.54) is 32.1 Å². The molecule has 0 saturated carbocycles. The van der Waals surface area contributed by atoms with Gasteiger partial charge in [-0.15, -0.1) is 0 Å². The normalized spacial score (nSPS) is 10.9. The summed E-state index contributed by atoms with van der Waals surface area (Å²) in [6.45, 7) is 2.23. The Hall–Kier alpha value is -0.790. The molecule has 0 saturated heterocycles. The molecule has 0 aliphatic heterocycles. The van der Waals surface area contributed by atoms with Gasteiger partial charge in [-0.25, -0.2) is 0 Å². The van der Waals surface area contributed by atoms with Crippen molar-refractivity contribution in [3.8, 4) is 0 Å². The molecule has 0 aliphatic carbocycles. The molecule has 0 aromatic carbocycles. The molecule has 0 aromatic heterocycles. The fourth-order valence-electron chi connectivity index (χ4n) is 1.33. The Kier molecular flexibility index (Phi) is 9.71. The topological polar surface area (TPSA) is 43.1 Å². The first-order valence-corrected chi connectivity index (χ1v) is 5.70. The first-order chi connectivity index (χ1) is 6.77. The van der Waals surface area contributed by atoms with Crippen molar-refractivity contribution in [2.45, 2.75) is 58.3 Å². The molecule has 82 valence electrons. The number of allylic oxidation sites excluding steroid dienone is 2. The van der Waals surface area contributed by atoms with E-state index >= 15 is 0 Å². The number of unbranched alkanes of at least 4 members (excludes halogenated alkanes) is 5. The van der Waals surface area contributed by atoms with Crippen molar-refractivity contribution in [2.75, 3.05) is 0 Å². The number of primary amides is 1. The highest BCUT2D eigenvalue weighted by Gasteiger charge is 1.89. The molecule has 0 atom stereocenters. The summed E-state index contributed by atoms with van der Waals surface area (Å²) in [4.78, 5) is 10.4. The van der Waals surface area contributed by atoms with E-state index in [9.17, 15) is 4.79 Å². The van der Waals surface area contributed by atoms with Gasteiger partial charge in [-0.3, -0.25) is 4.79 Å². The third-order valence-electron chi connectivity index (χ3n) is 2.20. The van der Waals surface area contributed by atoms with Crippen molar-refractivity contribution < 1.29 is 4.79 Å². The van der Waals surface area contributed by atoms with E-state index in [2.05, 4.69) is 19.1 Å². The van der Waals surface area contributed by atoms with Crippen LogP contribution in [0.2, 0.25) is 0 Å². The lowest BCUT2D eigenvalue weighted by Gasteiger charge is -1.95. The molecular weight excluding hydrogens is 174 g/mol. The van der Waals surface area contributed by atoms with Gasteiger partial charge in [-0.05, 0) is 19.3 Å². The Labute approximate surface area is 87.6 Å². The fraction of sp³-hybridized carbons (Fsp3) is 0.750. The molecule has 0 heterocycles. The van der Waals surface area contributed by atoms with E-state index in [4.69, 9.17) is 5.73 Å². The number of amides is 1. The number of rotatable bonds is 9.